The molecule has 2 fully saturated rings. The number of piperidine rings is 1. The lowest BCUT2D eigenvalue weighted by Gasteiger charge is -2.30. The Balaban J connectivity index is 1.61. The summed E-state index contributed by atoms with van der Waals surface area (Å²) in [5.41, 5.74) is 0.619. The van der Waals surface area contributed by atoms with Gasteiger partial charge in [-0.15, -0.1) is 0 Å². The molecule has 1 aromatic heterocycles. The van der Waals surface area contributed by atoms with Gasteiger partial charge in [0.05, 0.1) is 10.4 Å². The second-order valence-electron chi connectivity index (χ2n) is 7.78. The molecule has 0 bridgehead atoms. The van der Waals surface area contributed by atoms with Crippen LogP contribution in [0.2, 0.25) is 0 Å². The van der Waals surface area contributed by atoms with Crippen LogP contribution in [0.15, 0.2) is 32.3 Å². The van der Waals surface area contributed by atoms with Crippen molar-refractivity contribution in [3.05, 3.63) is 28.7 Å². The second-order valence-corrected chi connectivity index (χ2v) is 9.72. The van der Waals surface area contributed by atoms with Crippen LogP contribution in [0.4, 0.5) is 0 Å². The van der Waals surface area contributed by atoms with Gasteiger partial charge in [-0.25, -0.2) is 13.2 Å². The Morgan fingerprint density at radius 1 is 1.18 bits per heavy atom. The van der Waals surface area contributed by atoms with E-state index in [4.69, 9.17) is 4.42 Å². The zero-order valence-corrected chi connectivity index (χ0v) is 16.8. The normalized spacial score (nSPS) is 21.5. The summed E-state index contributed by atoms with van der Waals surface area (Å²) < 4.78 is 33.4. The van der Waals surface area contributed by atoms with Gasteiger partial charge >= 0.3 is 5.76 Å². The monoisotopic (exact) mass is 407 g/mol. The summed E-state index contributed by atoms with van der Waals surface area (Å²) in [6.45, 7) is 4.42. The highest BCUT2D eigenvalue weighted by Crippen LogP contribution is 2.24. The maximum Gasteiger partial charge on any atom is 0.420 e. The molecule has 1 atom stereocenters. The molecule has 0 saturated carbocycles. The number of sulfonamides is 1. The van der Waals surface area contributed by atoms with Crippen molar-refractivity contribution >= 4 is 27.0 Å². The average molecular weight is 407 g/mol. The van der Waals surface area contributed by atoms with E-state index in [0.717, 1.165) is 25.7 Å². The van der Waals surface area contributed by atoms with Crippen LogP contribution in [-0.4, -0.2) is 54.3 Å². The summed E-state index contributed by atoms with van der Waals surface area (Å²) in [6.07, 6.45) is 3.77. The van der Waals surface area contributed by atoms with E-state index in [0.29, 0.717) is 37.6 Å². The van der Waals surface area contributed by atoms with E-state index in [9.17, 15) is 18.0 Å². The summed E-state index contributed by atoms with van der Waals surface area (Å²) in [7, 11) is -3.59. The van der Waals surface area contributed by atoms with Crippen LogP contribution in [0.25, 0.3) is 11.1 Å². The summed E-state index contributed by atoms with van der Waals surface area (Å²) >= 11 is 0. The molecule has 2 aromatic rings. The van der Waals surface area contributed by atoms with Crippen molar-refractivity contribution in [1.82, 2.24) is 13.8 Å². The third-order valence-corrected chi connectivity index (χ3v) is 7.54. The summed E-state index contributed by atoms with van der Waals surface area (Å²) in [5.74, 6) is -0.317. The summed E-state index contributed by atoms with van der Waals surface area (Å²) in [6, 6.07) is 4.42. The van der Waals surface area contributed by atoms with E-state index >= 15 is 0 Å². The van der Waals surface area contributed by atoms with E-state index in [1.165, 1.54) is 21.0 Å². The number of benzene rings is 1. The van der Waals surface area contributed by atoms with Gasteiger partial charge in [0.1, 0.15) is 6.54 Å². The largest absolute Gasteiger partial charge is 0.420 e. The van der Waals surface area contributed by atoms with Crippen LogP contribution in [0.5, 0.6) is 0 Å². The molecule has 0 unspecified atom stereocenters. The van der Waals surface area contributed by atoms with Gasteiger partial charge in [-0.05, 0) is 43.7 Å². The van der Waals surface area contributed by atoms with Gasteiger partial charge in [0, 0.05) is 32.2 Å². The number of likely N-dealkylation sites (tertiary alicyclic amines) is 1. The van der Waals surface area contributed by atoms with Crippen LogP contribution in [0, 0.1) is 5.92 Å². The molecule has 0 aliphatic carbocycles. The Bertz CT molecular complexity index is 1050. The van der Waals surface area contributed by atoms with Gasteiger partial charge < -0.3 is 9.32 Å². The van der Waals surface area contributed by atoms with Crippen molar-refractivity contribution in [2.24, 2.45) is 5.92 Å². The lowest BCUT2D eigenvalue weighted by Crippen LogP contribution is -2.41. The van der Waals surface area contributed by atoms with Crippen molar-refractivity contribution in [2.45, 2.75) is 44.0 Å². The number of amides is 1. The Morgan fingerprint density at radius 3 is 2.64 bits per heavy atom. The number of nitrogens with zero attached hydrogens (tertiary/aromatic N) is 3. The molecule has 8 nitrogen and oxygen atoms in total. The predicted octanol–water partition coefficient (Wildman–Crippen LogP) is 1.64. The van der Waals surface area contributed by atoms with Gasteiger partial charge in [0.25, 0.3) is 0 Å². The fourth-order valence-corrected chi connectivity index (χ4v) is 5.62. The van der Waals surface area contributed by atoms with E-state index < -0.39 is 15.8 Å². The first-order valence-electron chi connectivity index (χ1n) is 9.77. The molecule has 152 valence electrons. The highest BCUT2D eigenvalue weighted by Gasteiger charge is 2.28. The van der Waals surface area contributed by atoms with Crippen LogP contribution < -0.4 is 5.76 Å². The first-order chi connectivity index (χ1) is 13.4. The van der Waals surface area contributed by atoms with Crippen molar-refractivity contribution in [1.29, 1.82) is 0 Å². The number of hydrogen-bond acceptors (Lipinski definition) is 5. The van der Waals surface area contributed by atoms with E-state index in [-0.39, 0.29) is 22.9 Å². The minimum absolute atomic E-state index is 0.100. The fraction of sp³-hybridized carbons (Fsp3) is 0.579. The molecule has 2 aliphatic heterocycles. The molecule has 0 radical (unpaired) electrons. The first kappa shape index (κ1) is 19.2. The highest BCUT2D eigenvalue weighted by atomic mass is 32.2. The van der Waals surface area contributed by atoms with Gasteiger partial charge in [0.15, 0.2) is 5.58 Å². The lowest BCUT2D eigenvalue weighted by molar-refractivity contribution is -0.133. The number of carbonyl (C=O) groups is 1. The average Bonchev–Trinajstić information content (AvgIpc) is 3.30. The molecule has 2 aliphatic rings. The molecule has 9 heteroatoms. The third-order valence-electron chi connectivity index (χ3n) is 5.65. The lowest BCUT2D eigenvalue weighted by atomic mass is 10.0. The first-order valence-corrected chi connectivity index (χ1v) is 11.2. The van der Waals surface area contributed by atoms with E-state index in [1.807, 2.05) is 0 Å². The number of hydrogen-bond donors (Lipinski definition) is 0. The highest BCUT2D eigenvalue weighted by molar-refractivity contribution is 7.89. The van der Waals surface area contributed by atoms with Gasteiger partial charge in [-0.2, -0.15) is 4.31 Å². The van der Waals surface area contributed by atoms with Crippen LogP contribution in [0.1, 0.15) is 32.6 Å². The zero-order chi connectivity index (χ0) is 19.9. The summed E-state index contributed by atoms with van der Waals surface area (Å²) in [4.78, 5) is 26.8. The van der Waals surface area contributed by atoms with Gasteiger partial charge in [-0.1, -0.05) is 6.92 Å². The predicted molar refractivity (Wildman–Crippen MR) is 103 cm³/mol. The topological polar surface area (TPSA) is 92.8 Å². The zero-order valence-electron chi connectivity index (χ0n) is 16.0. The minimum Gasteiger partial charge on any atom is -0.408 e. The maximum absolute atomic E-state index is 12.7. The number of aromatic nitrogens is 1. The Hall–Kier alpha value is -2.13. The van der Waals surface area contributed by atoms with Crippen molar-refractivity contribution in [3.63, 3.8) is 0 Å². The van der Waals surface area contributed by atoms with Gasteiger partial charge in [0.2, 0.25) is 15.9 Å². The SMILES string of the molecule is C[C@@H]1CCCN(C(=O)Cn2c(=O)oc3cc(S(=O)(=O)N4CCCC4)ccc32)C1. The van der Waals surface area contributed by atoms with Crippen molar-refractivity contribution < 1.29 is 17.6 Å². The summed E-state index contributed by atoms with van der Waals surface area (Å²) in [5, 5.41) is 0. The van der Waals surface area contributed by atoms with E-state index in [2.05, 4.69) is 6.92 Å². The molecule has 1 amide bonds. The fourth-order valence-electron chi connectivity index (χ4n) is 4.09. The third kappa shape index (κ3) is 3.48. The van der Waals surface area contributed by atoms with Crippen molar-refractivity contribution in [2.75, 3.05) is 26.2 Å². The Morgan fingerprint density at radius 2 is 1.93 bits per heavy atom. The van der Waals surface area contributed by atoms with Crippen LogP contribution >= 0.6 is 0 Å². The number of rotatable bonds is 4. The molecule has 3 heterocycles. The molecule has 0 spiro atoms. The quantitative estimate of drug-likeness (QED) is 0.768. The van der Waals surface area contributed by atoms with Crippen molar-refractivity contribution in [3.8, 4) is 0 Å². The maximum atomic E-state index is 12.7. The van der Waals surface area contributed by atoms with E-state index in [1.54, 1.807) is 11.0 Å². The number of fused-ring (bicyclic) bond motifs is 1. The smallest absolute Gasteiger partial charge is 0.408 e. The number of oxazole rings is 1. The Labute approximate surface area is 163 Å². The Kier molecular flexibility index (Phi) is 5.05. The molecule has 4 rings (SSSR count). The molecule has 0 N–H and O–H groups in total. The van der Waals surface area contributed by atoms with Crippen LogP contribution in [-0.2, 0) is 21.4 Å². The molecule has 28 heavy (non-hydrogen) atoms. The van der Waals surface area contributed by atoms with Gasteiger partial charge in [-0.3, -0.25) is 9.36 Å². The molecular formula is C19H25N3O5S. The molecule has 2 saturated heterocycles. The standard InChI is InChI=1S/C19H25N3O5S/c1-14-5-4-8-20(12-14)18(23)13-22-16-7-6-15(11-17(16)27-19(22)24)28(25,26)21-9-2-3-10-21/h6-7,11,14H,2-5,8-10,12-13H2,1H3/t14-/m1/s1. The molecule has 1 aromatic carbocycles. The second kappa shape index (κ2) is 7.36. The van der Waals surface area contributed by atoms with Crippen LogP contribution in [0.3, 0.4) is 0 Å². The minimum atomic E-state index is -3.59. The molecular weight excluding hydrogens is 382 g/mol. The number of carbonyl (C=O) groups excluding carboxylic acids is 1.